The van der Waals surface area contributed by atoms with Gasteiger partial charge in [-0.25, -0.2) is 9.59 Å². The molecule has 0 heterocycles. The molecule has 1 aromatic carbocycles. The average Bonchev–Trinajstić information content (AvgIpc) is 2.25. The van der Waals surface area contributed by atoms with Gasteiger partial charge in [-0.15, -0.1) is 0 Å². The van der Waals surface area contributed by atoms with E-state index in [9.17, 15) is 9.59 Å². The summed E-state index contributed by atoms with van der Waals surface area (Å²) in [5.74, 6) is -1.04. The molecule has 6 heteroatoms. The summed E-state index contributed by atoms with van der Waals surface area (Å²) >= 11 is 3.19. The van der Waals surface area contributed by atoms with Crippen molar-refractivity contribution in [1.82, 2.24) is 5.32 Å². The third kappa shape index (κ3) is 4.44. The molecule has 2 amide bonds. The Bertz CT molecular complexity index is 435. The highest BCUT2D eigenvalue weighted by atomic mass is 79.9. The van der Waals surface area contributed by atoms with Crippen molar-refractivity contribution in [2.24, 2.45) is 0 Å². The van der Waals surface area contributed by atoms with Gasteiger partial charge in [0.1, 0.15) is 0 Å². The van der Waals surface area contributed by atoms with Gasteiger partial charge in [0.05, 0.1) is 5.56 Å². The van der Waals surface area contributed by atoms with Crippen LogP contribution >= 0.6 is 15.9 Å². The smallest absolute Gasteiger partial charge is 0.335 e. The molecular formula is C11H13BrN2O3. The van der Waals surface area contributed by atoms with E-state index in [1.54, 1.807) is 6.07 Å². The van der Waals surface area contributed by atoms with Gasteiger partial charge < -0.3 is 15.7 Å². The second-order valence-corrected chi connectivity index (χ2v) is 4.33. The van der Waals surface area contributed by atoms with E-state index >= 15 is 0 Å². The van der Waals surface area contributed by atoms with Crippen LogP contribution in [-0.2, 0) is 0 Å². The van der Waals surface area contributed by atoms with Crippen LogP contribution in [0.2, 0.25) is 0 Å². The summed E-state index contributed by atoms with van der Waals surface area (Å²) in [6.07, 6.45) is 0.840. The average molecular weight is 301 g/mol. The van der Waals surface area contributed by atoms with Gasteiger partial charge in [-0.05, 0) is 24.6 Å². The van der Waals surface area contributed by atoms with E-state index in [-0.39, 0.29) is 11.6 Å². The number of hydrogen-bond donors (Lipinski definition) is 3. The Kier molecular flexibility index (Phi) is 4.96. The summed E-state index contributed by atoms with van der Waals surface area (Å²) in [7, 11) is 0. The Labute approximate surface area is 107 Å². The number of carbonyl (C=O) groups is 2. The van der Waals surface area contributed by atoms with E-state index in [1.807, 2.05) is 6.92 Å². The topological polar surface area (TPSA) is 78.4 Å². The Hall–Kier alpha value is -1.56. The van der Waals surface area contributed by atoms with E-state index in [2.05, 4.69) is 26.6 Å². The molecular weight excluding hydrogens is 288 g/mol. The van der Waals surface area contributed by atoms with E-state index in [0.29, 0.717) is 16.7 Å². The minimum absolute atomic E-state index is 0.116. The number of aromatic carboxylic acids is 1. The van der Waals surface area contributed by atoms with Gasteiger partial charge in [0, 0.05) is 16.7 Å². The number of hydrogen-bond acceptors (Lipinski definition) is 2. The van der Waals surface area contributed by atoms with Crippen LogP contribution in [0.5, 0.6) is 0 Å². The molecule has 0 saturated heterocycles. The number of carbonyl (C=O) groups excluding carboxylic acids is 1. The Morgan fingerprint density at radius 1 is 1.35 bits per heavy atom. The van der Waals surface area contributed by atoms with Gasteiger partial charge in [0.15, 0.2) is 0 Å². The van der Waals surface area contributed by atoms with Crippen LogP contribution in [0.1, 0.15) is 23.7 Å². The highest BCUT2D eigenvalue weighted by Gasteiger charge is 2.07. The number of nitrogens with one attached hydrogen (secondary N) is 2. The SMILES string of the molecule is CCCNC(=O)Nc1cc(Br)cc(C(=O)O)c1. The number of benzene rings is 1. The van der Waals surface area contributed by atoms with Gasteiger partial charge in [0.25, 0.3) is 0 Å². The number of carboxylic acids is 1. The van der Waals surface area contributed by atoms with Crippen molar-refractivity contribution in [3.8, 4) is 0 Å². The van der Waals surface area contributed by atoms with Crippen LogP contribution in [0.15, 0.2) is 22.7 Å². The van der Waals surface area contributed by atoms with Gasteiger partial charge in [-0.1, -0.05) is 22.9 Å². The first-order valence-corrected chi connectivity index (χ1v) is 5.91. The van der Waals surface area contributed by atoms with Gasteiger partial charge in [-0.2, -0.15) is 0 Å². The predicted octanol–water partition coefficient (Wildman–Crippen LogP) is 2.68. The number of urea groups is 1. The van der Waals surface area contributed by atoms with Crippen LogP contribution in [0.25, 0.3) is 0 Å². The normalized spacial score (nSPS) is 9.76. The Morgan fingerprint density at radius 2 is 2.06 bits per heavy atom. The van der Waals surface area contributed by atoms with Crippen molar-refractivity contribution in [3.63, 3.8) is 0 Å². The number of anilines is 1. The largest absolute Gasteiger partial charge is 0.478 e. The van der Waals surface area contributed by atoms with Crippen LogP contribution in [0.4, 0.5) is 10.5 Å². The molecule has 0 unspecified atom stereocenters. The third-order valence-electron chi connectivity index (χ3n) is 1.94. The molecule has 92 valence electrons. The molecule has 0 aromatic heterocycles. The lowest BCUT2D eigenvalue weighted by Gasteiger charge is -2.08. The fourth-order valence-electron chi connectivity index (χ4n) is 1.20. The molecule has 1 aromatic rings. The fraction of sp³-hybridized carbons (Fsp3) is 0.273. The zero-order valence-corrected chi connectivity index (χ0v) is 10.9. The molecule has 0 aliphatic rings. The molecule has 0 radical (unpaired) electrons. The zero-order valence-electron chi connectivity index (χ0n) is 9.29. The lowest BCUT2D eigenvalue weighted by Crippen LogP contribution is -2.29. The van der Waals surface area contributed by atoms with Crippen molar-refractivity contribution >= 4 is 33.6 Å². The van der Waals surface area contributed by atoms with Crippen molar-refractivity contribution < 1.29 is 14.7 Å². The first-order chi connectivity index (χ1) is 8.02. The number of carboxylic acid groups (broad SMARTS) is 1. The quantitative estimate of drug-likeness (QED) is 0.800. The van der Waals surface area contributed by atoms with E-state index in [0.717, 1.165) is 6.42 Å². The number of rotatable bonds is 4. The summed E-state index contributed by atoms with van der Waals surface area (Å²) in [4.78, 5) is 22.2. The lowest BCUT2D eigenvalue weighted by molar-refractivity contribution is 0.0697. The highest BCUT2D eigenvalue weighted by molar-refractivity contribution is 9.10. The summed E-state index contributed by atoms with van der Waals surface area (Å²) in [5.41, 5.74) is 0.551. The maximum Gasteiger partial charge on any atom is 0.335 e. The lowest BCUT2D eigenvalue weighted by atomic mass is 10.2. The second-order valence-electron chi connectivity index (χ2n) is 3.41. The number of amides is 2. The molecule has 0 saturated carbocycles. The summed E-state index contributed by atoms with van der Waals surface area (Å²) in [5, 5.41) is 14.1. The van der Waals surface area contributed by atoms with E-state index in [4.69, 9.17) is 5.11 Å². The van der Waals surface area contributed by atoms with E-state index < -0.39 is 5.97 Å². The van der Waals surface area contributed by atoms with Crippen LogP contribution in [-0.4, -0.2) is 23.7 Å². The predicted molar refractivity (Wildman–Crippen MR) is 68.4 cm³/mol. The molecule has 17 heavy (non-hydrogen) atoms. The third-order valence-corrected chi connectivity index (χ3v) is 2.40. The second kappa shape index (κ2) is 6.24. The molecule has 0 fully saturated rings. The van der Waals surface area contributed by atoms with E-state index in [1.165, 1.54) is 12.1 Å². The maximum atomic E-state index is 11.4. The Balaban J connectivity index is 2.77. The van der Waals surface area contributed by atoms with Gasteiger partial charge in [0.2, 0.25) is 0 Å². The van der Waals surface area contributed by atoms with Crippen LogP contribution < -0.4 is 10.6 Å². The summed E-state index contributed by atoms with van der Waals surface area (Å²) in [6.45, 7) is 2.52. The van der Waals surface area contributed by atoms with Crippen LogP contribution in [0, 0.1) is 0 Å². The first kappa shape index (κ1) is 13.5. The minimum atomic E-state index is -1.04. The maximum absolute atomic E-state index is 11.4. The van der Waals surface area contributed by atoms with Crippen LogP contribution in [0.3, 0.4) is 0 Å². The molecule has 0 atom stereocenters. The standard InChI is InChI=1S/C11H13BrN2O3/c1-2-3-13-11(17)14-9-5-7(10(15)16)4-8(12)6-9/h4-6H,2-3H2,1H3,(H,15,16)(H2,13,14,17). The number of halogens is 1. The minimum Gasteiger partial charge on any atom is -0.478 e. The van der Waals surface area contributed by atoms with Crippen molar-refractivity contribution in [1.29, 1.82) is 0 Å². The molecule has 0 aliphatic heterocycles. The van der Waals surface area contributed by atoms with Gasteiger partial charge in [-0.3, -0.25) is 0 Å². The molecule has 5 nitrogen and oxygen atoms in total. The summed E-state index contributed by atoms with van der Waals surface area (Å²) < 4.78 is 0.600. The fourth-order valence-corrected chi connectivity index (χ4v) is 1.69. The summed E-state index contributed by atoms with van der Waals surface area (Å²) in [6, 6.07) is 4.16. The monoisotopic (exact) mass is 300 g/mol. The zero-order chi connectivity index (χ0) is 12.8. The molecule has 0 bridgehead atoms. The molecule has 3 N–H and O–H groups in total. The van der Waals surface area contributed by atoms with Gasteiger partial charge >= 0.3 is 12.0 Å². The molecule has 0 spiro atoms. The van der Waals surface area contributed by atoms with Crippen molar-refractivity contribution in [2.45, 2.75) is 13.3 Å². The highest BCUT2D eigenvalue weighted by Crippen LogP contribution is 2.19. The first-order valence-electron chi connectivity index (χ1n) is 5.11. The molecule has 1 rings (SSSR count). The molecule has 0 aliphatic carbocycles. The van der Waals surface area contributed by atoms with Crippen molar-refractivity contribution in [3.05, 3.63) is 28.2 Å². The Morgan fingerprint density at radius 3 is 2.65 bits per heavy atom. The van der Waals surface area contributed by atoms with Crippen molar-refractivity contribution in [2.75, 3.05) is 11.9 Å².